The molecule has 0 aliphatic carbocycles. The zero-order valence-corrected chi connectivity index (χ0v) is 15.5. The number of benzene rings is 1. The van der Waals surface area contributed by atoms with Gasteiger partial charge >= 0.3 is 0 Å². The lowest BCUT2D eigenvalue weighted by Crippen LogP contribution is -2.49. The molecule has 1 aliphatic rings. The predicted molar refractivity (Wildman–Crippen MR) is 98.0 cm³/mol. The van der Waals surface area contributed by atoms with Gasteiger partial charge < -0.3 is 19.5 Å². The van der Waals surface area contributed by atoms with Crippen molar-refractivity contribution in [2.75, 3.05) is 51.3 Å². The third kappa shape index (κ3) is 5.36. The molecule has 0 radical (unpaired) electrons. The molecule has 0 unspecified atom stereocenters. The zero-order chi connectivity index (χ0) is 17.6. The number of anilines is 1. The number of rotatable bonds is 8. The van der Waals surface area contributed by atoms with Crippen molar-refractivity contribution in [3.8, 4) is 5.75 Å². The van der Waals surface area contributed by atoms with Gasteiger partial charge in [0.1, 0.15) is 5.75 Å². The van der Waals surface area contributed by atoms with Gasteiger partial charge in [-0.25, -0.2) is 0 Å². The molecule has 1 aromatic rings. The van der Waals surface area contributed by atoms with E-state index in [9.17, 15) is 5.11 Å². The number of β-amino-alcohol motifs (C(OH)–C–C–N with tert-alkyl or cyclic N) is 1. The maximum atomic E-state index is 10.2. The first-order valence-electron chi connectivity index (χ1n) is 8.87. The quantitative estimate of drug-likeness (QED) is 0.790. The van der Waals surface area contributed by atoms with Crippen molar-refractivity contribution in [2.24, 2.45) is 0 Å². The van der Waals surface area contributed by atoms with E-state index in [1.54, 1.807) is 7.11 Å². The van der Waals surface area contributed by atoms with Crippen LogP contribution in [0.5, 0.6) is 5.75 Å². The third-order valence-electron chi connectivity index (χ3n) is 4.78. The van der Waals surface area contributed by atoms with Gasteiger partial charge in [0.15, 0.2) is 0 Å². The average molecular weight is 336 g/mol. The Bertz CT molecular complexity index is 499. The molecular formula is C19H32N2O3. The molecule has 0 spiro atoms. The van der Waals surface area contributed by atoms with Crippen molar-refractivity contribution in [3.05, 3.63) is 24.3 Å². The molecule has 5 heteroatoms. The van der Waals surface area contributed by atoms with Crippen molar-refractivity contribution < 1.29 is 14.6 Å². The number of piperazine rings is 1. The van der Waals surface area contributed by atoms with Crippen LogP contribution in [0.1, 0.15) is 27.2 Å². The Morgan fingerprint density at radius 1 is 1.17 bits per heavy atom. The summed E-state index contributed by atoms with van der Waals surface area (Å²) in [5.41, 5.74) is 0.983. The molecule has 2 rings (SSSR count). The van der Waals surface area contributed by atoms with Crippen LogP contribution < -0.4 is 9.64 Å². The largest absolute Gasteiger partial charge is 0.495 e. The van der Waals surface area contributed by atoms with E-state index in [2.05, 4.69) is 36.6 Å². The SMILES string of the molecule is CCC(C)(C)OC[C@@H](O)CN1CCN(c2ccccc2OC)CC1. The van der Waals surface area contributed by atoms with Gasteiger partial charge in [-0.2, -0.15) is 0 Å². The van der Waals surface area contributed by atoms with Gasteiger partial charge in [-0.1, -0.05) is 19.1 Å². The minimum absolute atomic E-state index is 0.163. The number of nitrogens with zero attached hydrogens (tertiary/aromatic N) is 2. The van der Waals surface area contributed by atoms with E-state index >= 15 is 0 Å². The van der Waals surface area contributed by atoms with Gasteiger partial charge in [-0.3, -0.25) is 4.90 Å². The summed E-state index contributed by atoms with van der Waals surface area (Å²) in [6.07, 6.45) is 0.505. The number of hydrogen-bond acceptors (Lipinski definition) is 5. The second kappa shape index (κ2) is 8.70. The van der Waals surface area contributed by atoms with Crippen molar-refractivity contribution in [3.63, 3.8) is 0 Å². The average Bonchev–Trinajstić information content (AvgIpc) is 2.61. The van der Waals surface area contributed by atoms with Crippen LogP contribution in [0.25, 0.3) is 0 Å². The Balaban J connectivity index is 1.78. The van der Waals surface area contributed by atoms with Gasteiger partial charge in [-0.05, 0) is 32.4 Å². The third-order valence-corrected chi connectivity index (χ3v) is 4.78. The molecule has 1 aliphatic heterocycles. The molecule has 0 aromatic heterocycles. The second-order valence-corrected chi connectivity index (χ2v) is 7.04. The van der Waals surface area contributed by atoms with Gasteiger partial charge in [0.25, 0.3) is 0 Å². The standard InChI is InChI=1S/C19H32N2O3/c1-5-19(2,3)24-15-16(22)14-20-10-12-21(13-11-20)17-8-6-7-9-18(17)23-4/h6-9,16,22H,5,10-15H2,1-4H3/t16-/m0/s1. The Kier molecular flexibility index (Phi) is 6.90. The molecule has 1 heterocycles. The minimum atomic E-state index is -0.436. The predicted octanol–water partition coefficient (Wildman–Crippen LogP) is 2.38. The van der Waals surface area contributed by atoms with E-state index in [1.165, 1.54) is 0 Å². The second-order valence-electron chi connectivity index (χ2n) is 7.04. The van der Waals surface area contributed by atoms with Crippen LogP contribution in [0.2, 0.25) is 0 Å². The molecule has 1 fully saturated rings. The summed E-state index contributed by atoms with van der Waals surface area (Å²) in [6.45, 7) is 11.0. The maximum absolute atomic E-state index is 10.2. The number of methoxy groups -OCH3 is 1. The fourth-order valence-electron chi connectivity index (χ4n) is 2.84. The van der Waals surface area contributed by atoms with Gasteiger partial charge in [0.05, 0.1) is 31.1 Å². The van der Waals surface area contributed by atoms with E-state index in [1.807, 2.05) is 18.2 Å². The first kappa shape index (κ1) is 19.0. The van der Waals surface area contributed by atoms with Crippen LogP contribution >= 0.6 is 0 Å². The Morgan fingerprint density at radius 3 is 2.46 bits per heavy atom. The fourth-order valence-corrected chi connectivity index (χ4v) is 2.84. The first-order chi connectivity index (χ1) is 11.4. The lowest BCUT2D eigenvalue weighted by molar-refractivity contribution is -0.0674. The highest BCUT2D eigenvalue weighted by Gasteiger charge is 2.23. The molecule has 136 valence electrons. The van der Waals surface area contributed by atoms with Crippen molar-refractivity contribution in [1.29, 1.82) is 0 Å². The fraction of sp³-hybridized carbons (Fsp3) is 0.684. The molecule has 0 bridgehead atoms. The summed E-state index contributed by atoms with van der Waals surface area (Å²) in [6, 6.07) is 8.13. The Hall–Kier alpha value is -1.30. The number of para-hydroxylation sites is 2. The smallest absolute Gasteiger partial charge is 0.142 e. The summed E-state index contributed by atoms with van der Waals surface area (Å²) in [5, 5.41) is 10.2. The molecule has 1 atom stereocenters. The molecule has 24 heavy (non-hydrogen) atoms. The molecule has 0 saturated carbocycles. The number of ether oxygens (including phenoxy) is 2. The van der Waals surface area contributed by atoms with Crippen LogP contribution in [0.15, 0.2) is 24.3 Å². The van der Waals surface area contributed by atoms with Gasteiger partial charge in [-0.15, -0.1) is 0 Å². The lowest BCUT2D eigenvalue weighted by Gasteiger charge is -2.37. The Morgan fingerprint density at radius 2 is 1.83 bits per heavy atom. The topological polar surface area (TPSA) is 45.2 Å². The van der Waals surface area contributed by atoms with Gasteiger partial charge in [0.2, 0.25) is 0 Å². The molecule has 0 amide bonds. The summed E-state index contributed by atoms with van der Waals surface area (Å²) in [4.78, 5) is 4.65. The van der Waals surface area contributed by atoms with Crippen LogP contribution in [-0.2, 0) is 4.74 Å². The van der Waals surface area contributed by atoms with E-state index in [-0.39, 0.29) is 5.60 Å². The van der Waals surface area contributed by atoms with Crippen molar-refractivity contribution in [2.45, 2.75) is 38.9 Å². The summed E-state index contributed by atoms with van der Waals surface area (Å²) in [7, 11) is 1.71. The van der Waals surface area contributed by atoms with Crippen molar-refractivity contribution in [1.82, 2.24) is 4.90 Å². The van der Waals surface area contributed by atoms with Crippen LogP contribution in [-0.4, -0.2) is 68.2 Å². The maximum Gasteiger partial charge on any atom is 0.142 e. The van der Waals surface area contributed by atoms with Crippen LogP contribution in [0.4, 0.5) is 5.69 Å². The number of hydrogen-bond donors (Lipinski definition) is 1. The number of aliphatic hydroxyl groups excluding tert-OH is 1. The Labute approximate surface area is 146 Å². The molecule has 1 saturated heterocycles. The highest BCUT2D eigenvalue weighted by Crippen LogP contribution is 2.28. The van der Waals surface area contributed by atoms with E-state index in [0.717, 1.165) is 44.0 Å². The van der Waals surface area contributed by atoms with E-state index in [4.69, 9.17) is 9.47 Å². The van der Waals surface area contributed by atoms with Crippen molar-refractivity contribution >= 4 is 5.69 Å². The highest BCUT2D eigenvalue weighted by molar-refractivity contribution is 5.58. The first-order valence-corrected chi connectivity index (χ1v) is 8.87. The molecule has 1 aromatic carbocycles. The molecule has 1 N–H and O–H groups in total. The summed E-state index contributed by atoms with van der Waals surface area (Å²) >= 11 is 0. The van der Waals surface area contributed by atoms with Crippen LogP contribution in [0, 0.1) is 0 Å². The number of aliphatic hydroxyl groups is 1. The van der Waals surface area contributed by atoms with E-state index in [0.29, 0.717) is 13.2 Å². The lowest BCUT2D eigenvalue weighted by atomic mass is 10.1. The summed E-state index contributed by atoms with van der Waals surface area (Å²) in [5.74, 6) is 0.918. The normalized spacial score (nSPS) is 17.8. The zero-order valence-electron chi connectivity index (χ0n) is 15.5. The molecular weight excluding hydrogens is 304 g/mol. The minimum Gasteiger partial charge on any atom is -0.495 e. The van der Waals surface area contributed by atoms with E-state index < -0.39 is 6.10 Å². The van der Waals surface area contributed by atoms with Crippen LogP contribution in [0.3, 0.4) is 0 Å². The highest BCUT2D eigenvalue weighted by atomic mass is 16.5. The van der Waals surface area contributed by atoms with Gasteiger partial charge in [0, 0.05) is 32.7 Å². The monoisotopic (exact) mass is 336 g/mol. The molecule has 5 nitrogen and oxygen atoms in total. The summed E-state index contributed by atoms with van der Waals surface area (Å²) < 4.78 is 11.3.